The van der Waals surface area contributed by atoms with E-state index in [-0.39, 0.29) is 13.5 Å². The molecule has 106 valence electrons. The average molecular weight is 282 g/mol. The quantitative estimate of drug-likeness (QED) is 0.481. The third-order valence-electron chi connectivity index (χ3n) is 2.32. The molecule has 5 nitrogen and oxygen atoms in total. The van der Waals surface area contributed by atoms with Crippen molar-refractivity contribution in [2.45, 2.75) is 0 Å². The summed E-state index contributed by atoms with van der Waals surface area (Å²) in [5.41, 5.74) is 2.55. The number of nitrogens with zero attached hydrogens (tertiary/aromatic N) is 2. The summed E-state index contributed by atoms with van der Waals surface area (Å²) in [6, 6.07) is 20.8. The third-order valence-corrected chi connectivity index (χ3v) is 2.32. The van der Waals surface area contributed by atoms with Crippen LogP contribution < -0.4 is 0 Å². The van der Waals surface area contributed by atoms with Crippen molar-refractivity contribution in [3.63, 3.8) is 0 Å². The summed E-state index contributed by atoms with van der Waals surface area (Å²) >= 11 is 0. The van der Waals surface area contributed by atoms with Crippen LogP contribution in [0.1, 0.15) is 0 Å². The fourth-order valence-electron chi connectivity index (χ4n) is 1.45. The second-order valence-corrected chi connectivity index (χ2v) is 3.69. The third kappa shape index (κ3) is 7.35. The molecule has 0 atom stereocenters. The van der Waals surface area contributed by atoms with Crippen molar-refractivity contribution in [3.8, 4) is 11.1 Å². The Bertz CT molecular complexity index is 546. The molecule has 0 bridgehead atoms. The molecule has 0 radical (unpaired) electrons. The largest absolute Gasteiger partial charge is 0.335 e. The standard InChI is InChI=1S/C12H10.C4H4N2O3/c1-3-7-11(8-4-1)12-9-5-2-6-10-12;7-1-5-3-9-4-6-2-8/h1-10H;3-4H2. The molecule has 0 aliphatic carbocycles. The van der Waals surface area contributed by atoms with E-state index < -0.39 is 0 Å². The molecule has 0 saturated carbocycles. The SMILES string of the molecule is O=C=NCOCN=C=O.c1ccc(-c2ccccc2)cc1. The number of aliphatic imine (C=N–C) groups is 2. The van der Waals surface area contributed by atoms with Crippen molar-refractivity contribution < 1.29 is 14.3 Å². The van der Waals surface area contributed by atoms with Crippen LogP contribution in [0.25, 0.3) is 11.1 Å². The highest BCUT2D eigenvalue weighted by molar-refractivity contribution is 5.62. The lowest BCUT2D eigenvalue weighted by Crippen LogP contribution is -1.89. The maximum absolute atomic E-state index is 9.36. The molecule has 0 spiro atoms. The lowest BCUT2D eigenvalue weighted by Gasteiger charge is -1.98. The van der Waals surface area contributed by atoms with Crippen LogP contribution in [0.2, 0.25) is 0 Å². The van der Waals surface area contributed by atoms with Crippen molar-refractivity contribution in [2.75, 3.05) is 13.5 Å². The first-order chi connectivity index (χ1) is 10.4. The summed E-state index contributed by atoms with van der Waals surface area (Å²) in [5, 5.41) is 0. The molecule has 0 fully saturated rings. The minimum Gasteiger partial charge on any atom is -0.335 e. The van der Waals surface area contributed by atoms with Crippen LogP contribution in [0.3, 0.4) is 0 Å². The maximum Gasteiger partial charge on any atom is 0.237 e. The Labute approximate surface area is 122 Å². The van der Waals surface area contributed by atoms with Gasteiger partial charge in [-0.3, -0.25) is 0 Å². The molecular weight excluding hydrogens is 268 g/mol. The monoisotopic (exact) mass is 282 g/mol. The molecule has 0 saturated heterocycles. The first kappa shape index (κ1) is 16.2. The molecule has 2 rings (SSSR count). The van der Waals surface area contributed by atoms with E-state index in [1.54, 1.807) is 0 Å². The molecule has 0 aromatic heterocycles. The fourth-order valence-corrected chi connectivity index (χ4v) is 1.45. The van der Waals surface area contributed by atoms with Gasteiger partial charge in [0, 0.05) is 0 Å². The zero-order chi connectivity index (χ0) is 15.2. The second kappa shape index (κ2) is 11.0. The number of hydrogen-bond donors (Lipinski definition) is 0. The van der Waals surface area contributed by atoms with Gasteiger partial charge in [0.2, 0.25) is 12.2 Å². The van der Waals surface area contributed by atoms with Crippen molar-refractivity contribution in [2.24, 2.45) is 9.98 Å². The zero-order valence-corrected chi connectivity index (χ0v) is 11.3. The van der Waals surface area contributed by atoms with Crippen molar-refractivity contribution in [1.29, 1.82) is 0 Å². The first-order valence-electron chi connectivity index (χ1n) is 6.14. The number of ether oxygens (including phenoxy) is 1. The van der Waals surface area contributed by atoms with Gasteiger partial charge < -0.3 is 4.74 Å². The number of isocyanates is 2. The van der Waals surface area contributed by atoms with Crippen molar-refractivity contribution in [1.82, 2.24) is 0 Å². The first-order valence-corrected chi connectivity index (χ1v) is 6.14. The number of hydrogen-bond acceptors (Lipinski definition) is 5. The van der Waals surface area contributed by atoms with Gasteiger partial charge >= 0.3 is 0 Å². The van der Waals surface area contributed by atoms with E-state index >= 15 is 0 Å². The molecule has 0 N–H and O–H groups in total. The molecular formula is C16H14N2O3. The Morgan fingerprint density at radius 2 is 1.10 bits per heavy atom. The molecule has 0 unspecified atom stereocenters. The van der Waals surface area contributed by atoms with E-state index in [1.807, 2.05) is 12.1 Å². The van der Waals surface area contributed by atoms with Gasteiger partial charge in [-0.1, -0.05) is 60.7 Å². The molecule has 5 heteroatoms. The van der Waals surface area contributed by atoms with Gasteiger partial charge in [-0.15, -0.1) is 0 Å². The molecule has 21 heavy (non-hydrogen) atoms. The molecule has 2 aromatic carbocycles. The lowest BCUT2D eigenvalue weighted by molar-refractivity contribution is 0.150. The number of rotatable bonds is 5. The van der Waals surface area contributed by atoms with E-state index in [0.717, 1.165) is 0 Å². The Morgan fingerprint density at radius 3 is 1.43 bits per heavy atom. The molecule has 2 aromatic rings. The summed E-state index contributed by atoms with van der Waals surface area (Å²) in [6.45, 7) is -0.233. The number of benzene rings is 2. The fraction of sp³-hybridized carbons (Fsp3) is 0.125. The van der Waals surface area contributed by atoms with Crippen LogP contribution in [0.5, 0.6) is 0 Å². The van der Waals surface area contributed by atoms with Crippen LogP contribution >= 0.6 is 0 Å². The number of carbonyl (C=O) groups excluding carboxylic acids is 2. The Hall–Kier alpha value is -2.84. The predicted molar refractivity (Wildman–Crippen MR) is 78.9 cm³/mol. The Morgan fingerprint density at radius 1 is 0.714 bits per heavy atom. The minimum absolute atomic E-state index is 0.116. The summed E-state index contributed by atoms with van der Waals surface area (Å²) in [6.07, 6.45) is 2.51. The summed E-state index contributed by atoms with van der Waals surface area (Å²) in [7, 11) is 0. The van der Waals surface area contributed by atoms with Crippen LogP contribution in [0.15, 0.2) is 70.6 Å². The van der Waals surface area contributed by atoms with Crippen LogP contribution in [-0.2, 0) is 14.3 Å². The van der Waals surface area contributed by atoms with E-state index in [4.69, 9.17) is 0 Å². The van der Waals surface area contributed by atoms with Crippen molar-refractivity contribution >= 4 is 12.2 Å². The Kier molecular flexibility index (Phi) is 8.51. The minimum atomic E-state index is -0.116. The van der Waals surface area contributed by atoms with E-state index in [2.05, 4.69) is 63.3 Å². The molecule has 0 aliphatic rings. The van der Waals surface area contributed by atoms with Gasteiger partial charge in [0.05, 0.1) is 0 Å². The van der Waals surface area contributed by atoms with Crippen molar-refractivity contribution in [3.05, 3.63) is 60.7 Å². The van der Waals surface area contributed by atoms with E-state index in [1.165, 1.54) is 23.3 Å². The topological polar surface area (TPSA) is 68.1 Å². The average Bonchev–Trinajstić information content (AvgIpc) is 2.57. The van der Waals surface area contributed by atoms with Gasteiger partial charge in [-0.25, -0.2) is 9.59 Å². The van der Waals surface area contributed by atoms with Crippen LogP contribution in [0, 0.1) is 0 Å². The predicted octanol–water partition coefficient (Wildman–Crippen LogP) is 2.94. The summed E-state index contributed by atoms with van der Waals surface area (Å²) in [5.74, 6) is 0. The lowest BCUT2D eigenvalue weighted by atomic mass is 10.1. The summed E-state index contributed by atoms with van der Waals surface area (Å²) < 4.78 is 4.46. The van der Waals surface area contributed by atoms with Gasteiger partial charge in [-0.05, 0) is 11.1 Å². The van der Waals surface area contributed by atoms with Crippen LogP contribution in [0.4, 0.5) is 0 Å². The second-order valence-electron chi connectivity index (χ2n) is 3.69. The zero-order valence-electron chi connectivity index (χ0n) is 11.3. The van der Waals surface area contributed by atoms with Gasteiger partial charge in [-0.2, -0.15) is 9.98 Å². The van der Waals surface area contributed by atoms with Gasteiger partial charge in [0.15, 0.2) is 13.5 Å². The Balaban J connectivity index is 0.000000222. The molecule has 0 amide bonds. The molecule has 0 heterocycles. The summed E-state index contributed by atoms with van der Waals surface area (Å²) in [4.78, 5) is 24.8. The highest BCUT2D eigenvalue weighted by Crippen LogP contribution is 2.17. The molecule has 0 aliphatic heterocycles. The van der Waals surface area contributed by atoms with E-state index in [0.29, 0.717) is 0 Å². The van der Waals surface area contributed by atoms with E-state index in [9.17, 15) is 9.59 Å². The smallest absolute Gasteiger partial charge is 0.237 e. The highest BCUT2D eigenvalue weighted by atomic mass is 16.5. The highest BCUT2D eigenvalue weighted by Gasteiger charge is 1.91. The normalized spacial score (nSPS) is 8.57. The van der Waals surface area contributed by atoms with Gasteiger partial charge in [0.25, 0.3) is 0 Å². The maximum atomic E-state index is 9.36. The van der Waals surface area contributed by atoms with Gasteiger partial charge in [0.1, 0.15) is 0 Å². The van der Waals surface area contributed by atoms with Crippen LogP contribution in [-0.4, -0.2) is 25.6 Å².